The molecule has 0 aromatic carbocycles. The van der Waals surface area contributed by atoms with Crippen molar-refractivity contribution in [3.8, 4) is 11.5 Å². The molecular weight excluding hydrogens is 482 g/mol. The van der Waals surface area contributed by atoms with Gasteiger partial charge in [-0.3, -0.25) is 4.79 Å². The molecule has 3 N–H and O–H groups in total. The molecule has 12 heteroatoms. The van der Waals surface area contributed by atoms with Crippen molar-refractivity contribution < 1.29 is 17.6 Å². The lowest BCUT2D eigenvalue weighted by Gasteiger charge is -2.30. The summed E-state index contributed by atoms with van der Waals surface area (Å²) in [6.45, 7) is 1.75. The number of nitrogens with two attached hydrogens (primary N) is 1. The van der Waals surface area contributed by atoms with E-state index in [-0.39, 0.29) is 17.3 Å². The Labute approximate surface area is 208 Å². The number of nitrogens with one attached hydrogen (secondary N) is 1. The van der Waals surface area contributed by atoms with Gasteiger partial charge in [-0.1, -0.05) is 0 Å². The van der Waals surface area contributed by atoms with Crippen LogP contribution in [0.1, 0.15) is 35.4 Å². The Morgan fingerprint density at radius 3 is 2.72 bits per heavy atom. The van der Waals surface area contributed by atoms with Crippen LogP contribution in [0.2, 0.25) is 0 Å². The van der Waals surface area contributed by atoms with Crippen molar-refractivity contribution in [1.29, 1.82) is 0 Å². The lowest BCUT2D eigenvalue weighted by atomic mass is 10.1. The third kappa shape index (κ3) is 5.33. The minimum Gasteiger partial charge on any atom is -0.444 e. The first-order chi connectivity index (χ1) is 17.2. The van der Waals surface area contributed by atoms with Gasteiger partial charge in [-0.2, -0.15) is 0 Å². The Balaban J connectivity index is 1.44. The van der Waals surface area contributed by atoms with E-state index >= 15 is 0 Å². The normalized spacial score (nSPS) is 14.3. The number of nitrogen functional groups attached to an aromatic ring is 1. The van der Waals surface area contributed by atoms with E-state index in [0.717, 1.165) is 31.6 Å². The summed E-state index contributed by atoms with van der Waals surface area (Å²) in [5.41, 5.74) is 9.33. The highest BCUT2D eigenvalue weighted by molar-refractivity contribution is 7.90. The average molecular weight is 510 g/mol. The maximum absolute atomic E-state index is 13.1. The number of amides is 1. The van der Waals surface area contributed by atoms with Gasteiger partial charge in [-0.15, -0.1) is 0 Å². The number of anilines is 3. The van der Waals surface area contributed by atoms with Gasteiger partial charge in [0.25, 0.3) is 5.91 Å². The number of piperidine rings is 1. The molecule has 0 unspecified atom stereocenters. The number of fused-ring (bicyclic) bond motifs is 1. The van der Waals surface area contributed by atoms with Crippen LogP contribution in [0.25, 0.3) is 17.1 Å². The number of aryl methyl sites for hydroxylation is 1. The summed E-state index contributed by atoms with van der Waals surface area (Å²) in [6.07, 6.45) is 11.3. The van der Waals surface area contributed by atoms with Gasteiger partial charge in [0, 0.05) is 56.0 Å². The highest BCUT2D eigenvalue weighted by atomic mass is 32.2. The Hall–Kier alpha value is -3.93. The molecule has 0 atom stereocenters. The third-order valence-electron chi connectivity index (χ3n) is 6.06. The fourth-order valence-electron chi connectivity index (χ4n) is 4.26. The quantitative estimate of drug-likeness (QED) is 0.383. The van der Waals surface area contributed by atoms with E-state index in [2.05, 4.69) is 25.2 Å². The number of pyridine rings is 2. The topological polar surface area (TPSA) is 149 Å². The van der Waals surface area contributed by atoms with Gasteiger partial charge < -0.3 is 24.8 Å². The molecule has 1 saturated heterocycles. The molecule has 0 spiro atoms. The number of aromatic nitrogens is 4. The van der Waals surface area contributed by atoms with E-state index in [9.17, 15) is 13.2 Å². The number of rotatable bonds is 7. The Kier molecular flexibility index (Phi) is 6.35. The first kappa shape index (κ1) is 23.8. The van der Waals surface area contributed by atoms with Gasteiger partial charge >= 0.3 is 0 Å². The van der Waals surface area contributed by atoms with Crippen LogP contribution in [0.5, 0.6) is 0 Å². The Morgan fingerprint density at radius 1 is 1.17 bits per heavy atom. The van der Waals surface area contributed by atoms with E-state index in [1.165, 1.54) is 18.9 Å². The van der Waals surface area contributed by atoms with E-state index in [4.69, 9.17) is 10.2 Å². The van der Waals surface area contributed by atoms with Crippen LogP contribution in [0.3, 0.4) is 0 Å². The minimum absolute atomic E-state index is 0.0249. The molecule has 0 bridgehead atoms. The van der Waals surface area contributed by atoms with Crippen LogP contribution >= 0.6 is 0 Å². The summed E-state index contributed by atoms with van der Waals surface area (Å²) in [5, 5.41) is 2.97. The van der Waals surface area contributed by atoms with Crippen molar-refractivity contribution in [1.82, 2.24) is 19.4 Å². The number of carbonyl (C=O) groups excluding carboxylic acids is 1. The number of oxazole rings is 1. The molecule has 4 aromatic rings. The maximum atomic E-state index is 13.1. The Bertz CT molecular complexity index is 1520. The molecule has 5 heterocycles. The summed E-state index contributed by atoms with van der Waals surface area (Å²) in [7, 11) is -3.10. The van der Waals surface area contributed by atoms with Crippen molar-refractivity contribution in [2.24, 2.45) is 0 Å². The molecule has 0 aliphatic carbocycles. The van der Waals surface area contributed by atoms with Gasteiger partial charge in [0.05, 0.1) is 22.8 Å². The monoisotopic (exact) mass is 509 g/mol. The van der Waals surface area contributed by atoms with Crippen molar-refractivity contribution in [3.63, 3.8) is 0 Å². The zero-order chi connectivity index (χ0) is 25.3. The van der Waals surface area contributed by atoms with E-state index in [1.807, 2.05) is 6.07 Å². The molecule has 1 aliphatic rings. The molecule has 11 nitrogen and oxygen atoms in total. The van der Waals surface area contributed by atoms with Crippen LogP contribution in [0.15, 0.2) is 47.5 Å². The molecular formula is C24H27N7O4S. The SMILES string of the molecule is CS(=O)(=O)CCc1cn2cc(NC(=O)c3coc(-c4ccnc(N)c4)n3)c(N3CCCCC3)cc2n1. The maximum Gasteiger partial charge on any atom is 0.277 e. The smallest absolute Gasteiger partial charge is 0.277 e. The van der Waals surface area contributed by atoms with E-state index in [0.29, 0.717) is 34.8 Å². The van der Waals surface area contributed by atoms with Crippen LogP contribution in [0, 0.1) is 0 Å². The number of nitrogens with zero attached hydrogens (tertiary/aromatic N) is 5. The number of carbonyl (C=O) groups is 1. The van der Waals surface area contributed by atoms with Crippen molar-refractivity contribution in [2.75, 3.05) is 41.0 Å². The average Bonchev–Trinajstić information content (AvgIpc) is 3.50. The summed E-state index contributed by atoms with van der Waals surface area (Å²) >= 11 is 0. The van der Waals surface area contributed by atoms with Crippen LogP contribution in [0.4, 0.5) is 17.2 Å². The van der Waals surface area contributed by atoms with Gasteiger partial charge in [0.1, 0.15) is 27.6 Å². The number of hydrogen-bond acceptors (Lipinski definition) is 9. The van der Waals surface area contributed by atoms with Gasteiger partial charge in [0.2, 0.25) is 5.89 Å². The lowest BCUT2D eigenvalue weighted by molar-refractivity contribution is 0.102. The standard InChI is InChI=1S/C24H27N7O4S/c1-36(33,34)10-6-17-13-31-14-18(20(12-22(31)27-17)30-8-3-2-4-9-30)28-23(32)19-15-35-24(29-19)16-5-7-26-21(25)11-16/h5,7,11-15H,2-4,6,8-10H2,1H3,(H2,25,26)(H,28,32). The summed E-state index contributed by atoms with van der Waals surface area (Å²) in [5.74, 6) is 0.206. The zero-order valence-corrected chi connectivity index (χ0v) is 20.7. The first-order valence-electron chi connectivity index (χ1n) is 11.7. The van der Waals surface area contributed by atoms with Crippen LogP contribution in [-0.4, -0.2) is 58.8 Å². The Morgan fingerprint density at radius 2 is 1.97 bits per heavy atom. The second-order valence-corrected chi connectivity index (χ2v) is 11.2. The molecule has 5 rings (SSSR count). The number of sulfone groups is 1. The molecule has 188 valence electrons. The molecule has 1 fully saturated rings. The third-order valence-corrected chi connectivity index (χ3v) is 7.01. The van der Waals surface area contributed by atoms with Gasteiger partial charge in [0.15, 0.2) is 5.69 Å². The molecule has 0 radical (unpaired) electrons. The second-order valence-electron chi connectivity index (χ2n) is 8.96. The minimum atomic E-state index is -3.10. The molecule has 1 amide bonds. The molecule has 4 aromatic heterocycles. The molecule has 1 aliphatic heterocycles. The van der Waals surface area contributed by atoms with Crippen LogP contribution < -0.4 is 16.0 Å². The summed E-state index contributed by atoms with van der Waals surface area (Å²) in [4.78, 5) is 28.3. The zero-order valence-electron chi connectivity index (χ0n) is 19.8. The summed E-state index contributed by atoms with van der Waals surface area (Å²) in [6, 6.07) is 5.25. The largest absolute Gasteiger partial charge is 0.444 e. The van der Waals surface area contributed by atoms with Gasteiger partial charge in [-0.05, 0) is 31.4 Å². The highest BCUT2D eigenvalue weighted by Gasteiger charge is 2.21. The fraction of sp³-hybridized carbons (Fsp3) is 0.333. The predicted octanol–water partition coefficient (Wildman–Crippen LogP) is 2.80. The van der Waals surface area contributed by atoms with Crippen molar-refractivity contribution in [3.05, 3.63) is 54.4 Å². The van der Waals surface area contributed by atoms with E-state index in [1.54, 1.807) is 35.1 Å². The van der Waals surface area contributed by atoms with E-state index < -0.39 is 15.7 Å². The van der Waals surface area contributed by atoms with Crippen molar-refractivity contribution in [2.45, 2.75) is 25.7 Å². The second kappa shape index (κ2) is 9.61. The molecule has 0 saturated carbocycles. The van der Waals surface area contributed by atoms with Crippen LogP contribution in [-0.2, 0) is 16.3 Å². The predicted molar refractivity (Wildman–Crippen MR) is 137 cm³/mol. The number of imidazole rings is 1. The molecule has 36 heavy (non-hydrogen) atoms. The van der Waals surface area contributed by atoms with Crippen molar-refractivity contribution >= 4 is 38.6 Å². The first-order valence-corrected chi connectivity index (χ1v) is 13.7. The highest BCUT2D eigenvalue weighted by Crippen LogP contribution is 2.31. The number of hydrogen-bond donors (Lipinski definition) is 2. The lowest BCUT2D eigenvalue weighted by Crippen LogP contribution is -2.30. The van der Waals surface area contributed by atoms with Gasteiger partial charge in [-0.25, -0.2) is 23.4 Å². The summed E-state index contributed by atoms with van der Waals surface area (Å²) < 4.78 is 30.5. The fourth-order valence-corrected chi connectivity index (χ4v) is 4.84.